The molecule has 0 aliphatic carbocycles. The number of hydrogen-bond donors (Lipinski definition) is 1. The second-order valence-corrected chi connectivity index (χ2v) is 4.24. The molecule has 2 heterocycles. The van der Waals surface area contributed by atoms with Gasteiger partial charge in [-0.15, -0.1) is 0 Å². The molecule has 0 saturated heterocycles. The fourth-order valence-electron chi connectivity index (χ4n) is 2.17. The number of aliphatic hydroxyl groups excluding tert-OH is 1. The summed E-state index contributed by atoms with van der Waals surface area (Å²) < 4.78 is 1.82. The topological polar surface area (TPSA) is 50.9 Å². The number of aromatic nitrogens is 3. The van der Waals surface area contributed by atoms with Crippen molar-refractivity contribution in [2.24, 2.45) is 7.05 Å². The van der Waals surface area contributed by atoms with Crippen molar-refractivity contribution >= 4 is 10.8 Å². The normalized spacial score (nSPS) is 12.8. The van der Waals surface area contributed by atoms with Crippen LogP contribution in [0.4, 0.5) is 0 Å². The van der Waals surface area contributed by atoms with Crippen molar-refractivity contribution in [3.8, 4) is 0 Å². The Hall–Kier alpha value is -2.20. The van der Waals surface area contributed by atoms with E-state index in [1.165, 1.54) is 0 Å². The van der Waals surface area contributed by atoms with Crippen molar-refractivity contribution in [1.29, 1.82) is 0 Å². The molecule has 1 aromatic carbocycles. The first-order valence-corrected chi connectivity index (χ1v) is 5.75. The predicted molar refractivity (Wildman–Crippen MR) is 69.0 cm³/mol. The van der Waals surface area contributed by atoms with Crippen LogP contribution < -0.4 is 0 Å². The summed E-state index contributed by atoms with van der Waals surface area (Å²) in [5, 5.41) is 12.5. The first kappa shape index (κ1) is 10.9. The Labute approximate surface area is 105 Å². The van der Waals surface area contributed by atoms with E-state index >= 15 is 0 Å². The van der Waals surface area contributed by atoms with Gasteiger partial charge >= 0.3 is 0 Å². The maximum atomic E-state index is 10.5. The highest BCUT2D eigenvalue weighted by molar-refractivity contribution is 5.85. The number of rotatable bonds is 2. The molecule has 0 aliphatic heterocycles. The van der Waals surface area contributed by atoms with Gasteiger partial charge in [-0.3, -0.25) is 4.98 Å². The van der Waals surface area contributed by atoms with E-state index in [-0.39, 0.29) is 0 Å². The lowest BCUT2D eigenvalue weighted by atomic mass is 10.0. The third-order valence-corrected chi connectivity index (χ3v) is 3.11. The highest BCUT2D eigenvalue weighted by atomic mass is 16.3. The summed E-state index contributed by atoms with van der Waals surface area (Å²) in [4.78, 5) is 8.29. The maximum Gasteiger partial charge on any atom is 0.142 e. The molecule has 0 fully saturated rings. The van der Waals surface area contributed by atoms with Crippen LogP contribution in [0.25, 0.3) is 10.8 Å². The molecule has 1 atom stereocenters. The van der Waals surface area contributed by atoms with E-state index in [1.54, 1.807) is 18.6 Å². The van der Waals surface area contributed by atoms with Crippen LogP contribution in [0.1, 0.15) is 17.5 Å². The zero-order valence-corrected chi connectivity index (χ0v) is 9.99. The largest absolute Gasteiger partial charge is 0.380 e. The van der Waals surface area contributed by atoms with Crippen LogP contribution in [-0.2, 0) is 7.05 Å². The van der Waals surface area contributed by atoms with E-state index < -0.39 is 6.10 Å². The second kappa shape index (κ2) is 4.23. The van der Waals surface area contributed by atoms with Crippen molar-refractivity contribution in [3.63, 3.8) is 0 Å². The number of pyridine rings is 1. The van der Waals surface area contributed by atoms with Gasteiger partial charge < -0.3 is 9.67 Å². The molecule has 0 bridgehead atoms. The van der Waals surface area contributed by atoms with Gasteiger partial charge in [-0.2, -0.15) is 0 Å². The average Bonchev–Trinajstić information content (AvgIpc) is 2.83. The lowest BCUT2D eigenvalue weighted by molar-refractivity contribution is 0.208. The van der Waals surface area contributed by atoms with E-state index in [2.05, 4.69) is 9.97 Å². The Bertz CT molecular complexity index is 685. The number of imidazole rings is 1. The van der Waals surface area contributed by atoms with Gasteiger partial charge in [0.15, 0.2) is 0 Å². The summed E-state index contributed by atoms with van der Waals surface area (Å²) in [6.45, 7) is 0. The molecule has 0 spiro atoms. The smallest absolute Gasteiger partial charge is 0.142 e. The van der Waals surface area contributed by atoms with Gasteiger partial charge in [-0.05, 0) is 17.0 Å². The molecule has 3 rings (SSSR count). The molecule has 3 aromatic rings. The van der Waals surface area contributed by atoms with Crippen molar-refractivity contribution in [3.05, 3.63) is 60.4 Å². The summed E-state index contributed by atoms with van der Waals surface area (Å²) in [6.07, 6.45) is 6.31. The molecular weight excluding hydrogens is 226 g/mol. The van der Waals surface area contributed by atoms with Gasteiger partial charge in [0.25, 0.3) is 0 Å². The minimum Gasteiger partial charge on any atom is -0.380 e. The highest BCUT2D eigenvalue weighted by Crippen LogP contribution is 2.27. The van der Waals surface area contributed by atoms with Crippen LogP contribution in [-0.4, -0.2) is 19.6 Å². The SMILES string of the molecule is Cn1ccnc1C(O)c1cccc2cnccc12. The number of nitrogens with zero attached hydrogens (tertiary/aromatic N) is 3. The van der Waals surface area contributed by atoms with E-state index in [1.807, 2.05) is 42.1 Å². The Kier molecular flexibility index (Phi) is 2.57. The van der Waals surface area contributed by atoms with Crippen LogP contribution in [0.15, 0.2) is 49.1 Å². The minimum absolute atomic E-state index is 0.638. The van der Waals surface area contributed by atoms with E-state index in [4.69, 9.17) is 0 Å². The summed E-state index contributed by atoms with van der Waals surface area (Å²) >= 11 is 0. The molecule has 18 heavy (non-hydrogen) atoms. The zero-order chi connectivity index (χ0) is 12.5. The monoisotopic (exact) mass is 239 g/mol. The lowest BCUT2D eigenvalue weighted by Gasteiger charge is -2.13. The zero-order valence-electron chi connectivity index (χ0n) is 9.99. The van der Waals surface area contributed by atoms with Crippen LogP contribution in [0, 0.1) is 0 Å². The van der Waals surface area contributed by atoms with E-state index in [9.17, 15) is 5.11 Å². The Morgan fingerprint density at radius 1 is 1.22 bits per heavy atom. The molecule has 4 nitrogen and oxygen atoms in total. The number of aliphatic hydroxyl groups is 1. The summed E-state index contributed by atoms with van der Waals surface area (Å²) in [5.74, 6) is 0.638. The molecule has 0 aliphatic rings. The molecule has 4 heteroatoms. The van der Waals surface area contributed by atoms with Crippen molar-refractivity contribution in [1.82, 2.24) is 14.5 Å². The predicted octanol–water partition coefficient (Wildman–Crippen LogP) is 2.05. The van der Waals surface area contributed by atoms with Crippen LogP contribution in [0.3, 0.4) is 0 Å². The van der Waals surface area contributed by atoms with Crippen LogP contribution in [0.5, 0.6) is 0 Å². The van der Waals surface area contributed by atoms with Gasteiger partial charge in [-0.25, -0.2) is 4.98 Å². The van der Waals surface area contributed by atoms with E-state index in [0.29, 0.717) is 5.82 Å². The fourth-order valence-corrected chi connectivity index (χ4v) is 2.17. The van der Waals surface area contributed by atoms with Crippen molar-refractivity contribution in [2.75, 3.05) is 0 Å². The molecule has 1 unspecified atom stereocenters. The first-order chi connectivity index (χ1) is 8.77. The molecule has 0 amide bonds. The van der Waals surface area contributed by atoms with E-state index in [0.717, 1.165) is 16.3 Å². The molecule has 0 saturated carbocycles. The third-order valence-electron chi connectivity index (χ3n) is 3.11. The second-order valence-electron chi connectivity index (χ2n) is 4.24. The summed E-state index contributed by atoms with van der Waals surface area (Å²) in [6, 6.07) is 7.74. The van der Waals surface area contributed by atoms with Gasteiger partial charge in [0.2, 0.25) is 0 Å². The third kappa shape index (κ3) is 1.67. The first-order valence-electron chi connectivity index (χ1n) is 5.75. The number of fused-ring (bicyclic) bond motifs is 1. The quantitative estimate of drug-likeness (QED) is 0.744. The van der Waals surface area contributed by atoms with Gasteiger partial charge in [0.1, 0.15) is 11.9 Å². The molecular formula is C14H13N3O. The lowest BCUT2D eigenvalue weighted by Crippen LogP contribution is -2.07. The maximum absolute atomic E-state index is 10.5. The molecule has 0 radical (unpaired) electrons. The van der Waals surface area contributed by atoms with Gasteiger partial charge in [0.05, 0.1) is 0 Å². The Balaban J connectivity index is 2.18. The number of hydrogen-bond acceptors (Lipinski definition) is 3. The molecule has 90 valence electrons. The van der Waals surface area contributed by atoms with Gasteiger partial charge in [-0.1, -0.05) is 18.2 Å². The van der Waals surface area contributed by atoms with Crippen molar-refractivity contribution in [2.45, 2.75) is 6.10 Å². The van der Waals surface area contributed by atoms with Gasteiger partial charge in [0, 0.05) is 37.2 Å². The Morgan fingerprint density at radius 2 is 2.11 bits per heavy atom. The van der Waals surface area contributed by atoms with Crippen molar-refractivity contribution < 1.29 is 5.11 Å². The Morgan fingerprint density at radius 3 is 2.89 bits per heavy atom. The van der Waals surface area contributed by atoms with Crippen LogP contribution >= 0.6 is 0 Å². The molecule has 1 N–H and O–H groups in total. The van der Waals surface area contributed by atoms with Crippen LogP contribution in [0.2, 0.25) is 0 Å². The highest BCUT2D eigenvalue weighted by Gasteiger charge is 2.16. The average molecular weight is 239 g/mol. The minimum atomic E-state index is -0.726. The standard InChI is InChI=1S/C14H13N3O/c1-17-8-7-16-14(17)13(18)12-4-2-3-10-9-15-6-5-11(10)12/h2-9,13,18H,1H3. The number of aryl methyl sites for hydroxylation is 1. The molecule has 2 aromatic heterocycles. The summed E-state index contributed by atoms with van der Waals surface area (Å²) in [7, 11) is 1.87. The fraction of sp³-hybridized carbons (Fsp3) is 0.143. The number of benzene rings is 1. The summed E-state index contributed by atoms with van der Waals surface area (Å²) in [5.41, 5.74) is 0.851.